The van der Waals surface area contributed by atoms with Gasteiger partial charge in [-0.25, -0.2) is 9.37 Å². The molecule has 4 nitrogen and oxygen atoms in total. The molecule has 2 aromatic heterocycles. The second-order valence-electron chi connectivity index (χ2n) is 6.22. The first-order valence-corrected chi connectivity index (χ1v) is 10.4. The van der Waals surface area contributed by atoms with E-state index in [1.807, 2.05) is 0 Å². The zero-order valence-electron chi connectivity index (χ0n) is 14.5. The van der Waals surface area contributed by atoms with Crippen molar-refractivity contribution >= 4 is 33.3 Å². The number of benzene rings is 1. The van der Waals surface area contributed by atoms with Crippen LogP contribution in [0.15, 0.2) is 34.2 Å². The van der Waals surface area contributed by atoms with Crippen LogP contribution in [0.4, 0.5) is 4.39 Å². The van der Waals surface area contributed by atoms with Crippen LogP contribution < -0.4 is 5.56 Å². The Balaban J connectivity index is 1.96. The summed E-state index contributed by atoms with van der Waals surface area (Å²) in [6, 6.07) is 6.36. The van der Waals surface area contributed by atoms with E-state index in [1.165, 1.54) is 27.3 Å². The molecular formula is C19H19FN2O2S2. The molecule has 136 valence electrons. The zero-order chi connectivity index (χ0) is 18.1. The summed E-state index contributed by atoms with van der Waals surface area (Å²) in [4.78, 5) is 20.2. The fourth-order valence-corrected chi connectivity index (χ4v) is 5.55. The quantitative estimate of drug-likeness (QED) is 0.372. The van der Waals surface area contributed by atoms with Crippen molar-refractivity contribution in [3.05, 3.63) is 50.9 Å². The maximum Gasteiger partial charge on any atom is 0.267 e. The molecule has 0 fully saturated rings. The van der Waals surface area contributed by atoms with Crippen molar-refractivity contribution < 1.29 is 9.13 Å². The van der Waals surface area contributed by atoms with Crippen LogP contribution in [0.5, 0.6) is 0 Å². The van der Waals surface area contributed by atoms with Crippen molar-refractivity contribution in [3.8, 4) is 5.69 Å². The first kappa shape index (κ1) is 17.7. The Morgan fingerprint density at radius 3 is 2.92 bits per heavy atom. The maximum atomic E-state index is 14.5. The lowest BCUT2D eigenvalue weighted by Gasteiger charge is -2.14. The summed E-state index contributed by atoms with van der Waals surface area (Å²) in [5.41, 5.74) is 1.20. The third-order valence-corrected chi connectivity index (χ3v) is 6.66. The van der Waals surface area contributed by atoms with Crippen LogP contribution in [0.25, 0.3) is 15.9 Å². The number of ether oxygens (including phenoxy) is 1. The zero-order valence-corrected chi connectivity index (χ0v) is 16.1. The normalized spacial score (nSPS) is 13.9. The number of hydrogen-bond donors (Lipinski definition) is 0. The Hall–Kier alpha value is -1.70. The Kier molecular flexibility index (Phi) is 5.11. The minimum absolute atomic E-state index is 0.167. The van der Waals surface area contributed by atoms with Gasteiger partial charge in [0, 0.05) is 17.7 Å². The van der Waals surface area contributed by atoms with E-state index >= 15 is 0 Å². The highest BCUT2D eigenvalue weighted by Gasteiger charge is 2.23. The van der Waals surface area contributed by atoms with Crippen LogP contribution in [0.2, 0.25) is 0 Å². The van der Waals surface area contributed by atoms with Gasteiger partial charge in [-0.3, -0.25) is 9.36 Å². The molecule has 0 unspecified atom stereocenters. The second-order valence-corrected chi connectivity index (χ2v) is 8.36. The standard InChI is InChI=1S/C19H19FN2O2S2/c1-24-10-11-25-19-21-17-16(12-6-2-5-9-15(12)26-17)18(23)22(19)14-8-4-3-7-13(14)20/h3-4,7-8H,2,5-6,9-11H2,1H3. The fourth-order valence-electron chi connectivity index (χ4n) is 3.34. The van der Waals surface area contributed by atoms with E-state index in [0.29, 0.717) is 22.9 Å². The lowest BCUT2D eigenvalue weighted by molar-refractivity contribution is 0.218. The van der Waals surface area contributed by atoms with Crippen molar-refractivity contribution in [2.75, 3.05) is 19.5 Å². The summed E-state index contributed by atoms with van der Waals surface area (Å²) >= 11 is 3.03. The maximum absolute atomic E-state index is 14.5. The van der Waals surface area contributed by atoms with E-state index < -0.39 is 5.82 Å². The Morgan fingerprint density at radius 2 is 2.12 bits per heavy atom. The summed E-state index contributed by atoms with van der Waals surface area (Å²) in [5.74, 6) is 0.224. The van der Waals surface area contributed by atoms with E-state index in [4.69, 9.17) is 9.72 Å². The van der Waals surface area contributed by atoms with Crippen molar-refractivity contribution in [1.82, 2.24) is 9.55 Å². The number of nitrogens with zero attached hydrogens (tertiary/aromatic N) is 2. The number of para-hydroxylation sites is 1. The van der Waals surface area contributed by atoms with Crippen molar-refractivity contribution in [3.63, 3.8) is 0 Å². The molecule has 0 radical (unpaired) electrons. The highest BCUT2D eigenvalue weighted by atomic mass is 32.2. The van der Waals surface area contributed by atoms with Gasteiger partial charge in [0.2, 0.25) is 0 Å². The summed E-state index contributed by atoms with van der Waals surface area (Å²) < 4.78 is 21.0. The molecule has 4 rings (SSSR count). The third-order valence-electron chi connectivity index (χ3n) is 4.57. The van der Waals surface area contributed by atoms with Crippen LogP contribution in [-0.4, -0.2) is 29.0 Å². The van der Waals surface area contributed by atoms with Crippen LogP contribution in [-0.2, 0) is 17.6 Å². The molecule has 0 spiro atoms. The first-order chi connectivity index (χ1) is 12.7. The average Bonchev–Trinajstić information content (AvgIpc) is 3.02. The average molecular weight is 391 g/mol. The number of hydrogen-bond acceptors (Lipinski definition) is 5. The smallest absolute Gasteiger partial charge is 0.267 e. The predicted octanol–water partition coefficient (Wildman–Crippen LogP) is 4.20. The molecule has 0 amide bonds. The molecule has 1 aliphatic rings. The van der Waals surface area contributed by atoms with E-state index in [2.05, 4.69) is 0 Å². The number of rotatable bonds is 5. The number of halogens is 1. The van der Waals surface area contributed by atoms with E-state index in [9.17, 15) is 9.18 Å². The van der Waals surface area contributed by atoms with E-state index in [-0.39, 0.29) is 11.2 Å². The van der Waals surface area contributed by atoms with Crippen molar-refractivity contribution in [2.45, 2.75) is 30.8 Å². The number of thiophene rings is 1. The highest BCUT2D eigenvalue weighted by molar-refractivity contribution is 7.99. The number of thioether (sulfide) groups is 1. The molecule has 0 aliphatic heterocycles. The van der Waals surface area contributed by atoms with Gasteiger partial charge in [0.1, 0.15) is 10.6 Å². The lowest BCUT2D eigenvalue weighted by Crippen LogP contribution is -2.23. The SMILES string of the molecule is COCCSc1nc2sc3c(c2c(=O)n1-c1ccccc1F)CCCC3. The number of aromatic nitrogens is 2. The van der Waals surface area contributed by atoms with Crippen LogP contribution in [0.1, 0.15) is 23.3 Å². The van der Waals surface area contributed by atoms with Gasteiger partial charge in [0.05, 0.1) is 17.7 Å². The van der Waals surface area contributed by atoms with Crippen LogP contribution in [0, 0.1) is 5.82 Å². The molecule has 2 heterocycles. The molecule has 3 aromatic rings. The minimum Gasteiger partial charge on any atom is -0.384 e. The summed E-state index contributed by atoms with van der Waals surface area (Å²) in [6.07, 6.45) is 4.14. The molecule has 0 atom stereocenters. The molecule has 0 saturated carbocycles. The van der Waals surface area contributed by atoms with Gasteiger partial charge in [-0.2, -0.15) is 0 Å². The third kappa shape index (κ3) is 3.08. The van der Waals surface area contributed by atoms with Gasteiger partial charge in [-0.05, 0) is 43.4 Å². The monoisotopic (exact) mass is 390 g/mol. The molecular weight excluding hydrogens is 371 g/mol. The topological polar surface area (TPSA) is 44.1 Å². The van der Waals surface area contributed by atoms with E-state index in [1.54, 1.807) is 36.6 Å². The summed E-state index contributed by atoms with van der Waals surface area (Å²) in [7, 11) is 1.63. The van der Waals surface area contributed by atoms with E-state index in [0.717, 1.165) is 36.1 Å². The van der Waals surface area contributed by atoms with Crippen molar-refractivity contribution in [1.29, 1.82) is 0 Å². The predicted molar refractivity (Wildman–Crippen MR) is 104 cm³/mol. The number of fused-ring (bicyclic) bond motifs is 3. The summed E-state index contributed by atoms with van der Waals surface area (Å²) in [5, 5.41) is 1.19. The molecule has 7 heteroatoms. The van der Waals surface area contributed by atoms with Gasteiger partial charge < -0.3 is 4.74 Å². The molecule has 1 aliphatic carbocycles. The Labute approximate surface area is 159 Å². The molecule has 0 bridgehead atoms. The van der Waals surface area contributed by atoms with Gasteiger partial charge >= 0.3 is 0 Å². The largest absolute Gasteiger partial charge is 0.384 e. The van der Waals surface area contributed by atoms with Gasteiger partial charge in [0.15, 0.2) is 5.16 Å². The minimum atomic E-state index is -0.423. The lowest BCUT2D eigenvalue weighted by atomic mass is 9.97. The Bertz CT molecular complexity index is 1010. The molecule has 0 N–H and O–H groups in total. The Morgan fingerprint density at radius 1 is 1.31 bits per heavy atom. The second kappa shape index (κ2) is 7.50. The van der Waals surface area contributed by atoms with Crippen LogP contribution in [0.3, 0.4) is 0 Å². The molecule has 1 aromatic carbocycles. The van der Waals surface area contributed by atoms with Crippen LogP contribution >= 0.6 is 23.1 Å². The van der Waals surface area contributed by atoms with Gasteiger partial charge in [-0.1, -0.05) is 23.9 Å². The summed E-state index contributed by atoms with van der Waals surface area (Å²) in [6.45, 7) is 0.538. The van der Waals surface area contributed by atoms with Gasteiger partial charge in [-0.15, -0.1) is 11.3 Å². The fraction of sp³-hybridized carbons (Fsp3) is 0.368. The highest BCUT2D eigenvalue weighted by Crippen LogP contribution is 2.35. The first-order valence-electron chi connectivity index (χ1n) is 8.64. The number of aryl methyl sites for hydroxylation is 2. The van der Waals surface area contributed by atoms with Crippen molar-refractivity contribution in [2.24, 2.45) is 0 Å². The number of methoxy groups -OCH3 is 1. The van der Waals surface area contributed by atoms with Gasteiger partial charge in [0.25, 0.3) is 5.56 Å². The molecule has 0 saturated heterocycles. The molecule has 26 heavy (non-hydrogen) atoms.